The van der Waals surface area contributed by atoms with Gasteiger partial charge in [0.15, 0.2) is 0 Å². The number of hydrogen-bond acceptors (Lipinski definition) is 0. The summed E-state index contributed by atoms with van der Waals surface area (Å²) in [5.41, 5.74) is 0. The van der Waals surface area contributed by atoms with Crippen molar-refractivity contribution in [2.24, 2.45) is 17.8 Å². The van der Waals surface area contributed by atoms with Crippen molar-refractivity contribution in [3.05, 3.63) is 24.8 Å². The monoisotopic (exact) mass is 236 g/mol. The zero-order valence-corrected chi connectivity index (χ0v) is 12.4. The molecule has 0 aromatic carbocycles. The van der Waals surface area contributed by atoms with Crippen molar-refractivity contribution in [2.45, 2.75) is 66.2 Å². The van der Waals surface area contributed by atoms with E-state index in [0.29, 0.717) is 11.8 Å². The van der Waals surface area contributed by atoms with Crippen LogP contribution in [0.2, 0.25) is 0 Å². The highest BCUT2D eigenvalue weighted by Crippen LogP contribution is 2.23. The lowest BCUT2D eigenvalue weighted by Gasteiger charge is -2.18. The highest BCUT2D eigenvalue weighted by Gasteiger charge is 2.10. The molecule has 0 radical (unpaired) electrons. The van der Waals surface area contributed by atoms with Crippen molar-refractivity contribution in [2.75, 3.05) is 0 Å². The molecular weight excluding hydrogens is 204 g/mol. The molecule has 0 heterocycles. The minimum atomic E-state index is 0.610. The van der Waals surface area contributed by atoms with Crippen LogP contribution in [-0.2, 0) is 0 Å². The molecule has 0 spiro atoms. The van der Waals surface area contributed by atoms with Crippen LogP contribution in [0.3, 0.4) is 0 Å². The van der Waals surface area contributed by atoms with Crippen LogP contribution in [0, 0.1) is 17.8 Å². The molecule has 0 N–H and O–H groups in total. The Morgan fingerprint density at radius 3 is 2.24 bits per heavy atom. The van der Waals surface area contributed by atoms with Crippen LogP contribution in [0.1, 0.15) is 66.2 Å². The van der Waals surface area contributed by atoms with E-state index in [0.717, 1.165) is 5.92 Å². The van der Waals surface area contributed by atoms with Gasteiger partial charge in [0.05, 0.1) is 0 Å². The maximum Gasteiger partial charge on any atom is -0.0173 e. The number of hydrogen-bond donors (Lipinski definition) is 0. The molecule has 100 valence electrons. The highest BCUT2D eigenvalue weighted by atomic mass is 14.2. The third-order valence-electron chi connectivity index (χ3n) is 3.75. The number of rotatable bonds is 10. The van der Waals surface area contributed by atoms with E-state index >= 15 is 0 Å². The number of unbranched alkanes of at least 4 members (excludes halogenated alkanes) is 1. The molecule has 0 aliphatic rings. The fourth-order valence-electron chi connectivity index (χ4n) is 2.47. The number of allylic oxidation sites excluding steroid dienone is 3. The molecule has 0 saturated heterocycles. The molecule has 3 atom stereocenters. The van der Waals surface area contributed by atoms with Gasteiger partial charge in [-0.2, -0.15) is 0 Å². The van der Waals surface area contributed by atoms with Gasteiger partial charge in [-0.1, -0.05) is 71.1 Å². The van der Waals surface area contributed by atoms with Gasteiger partial charge in [0, 0.05) is 0 Å². The van der Waals surface area contributed by atoms with E-state index in [1.807, 2.05) is 0 Å². The maximum absolute atomic E-state index is 3.91. The van der Waals surface area contributed by atoms with Gasteiger partial charge in [0.2, 0.25) is 0 Å². The molecule has 17 heavy (non-hydrogen) atoms. The molecule has 0 heteroatoms. The van der Waals surface area contributed by atoms with Crippen LogP contribution in [0.5, 0.6) is 0 Å². The van der Waals surface area contributed by atoms with Gasteiger partial charge in [-0.05, 0) is 31.1 Å². The molecule has 0 aromatic rings. The summed E-state index contributed by atoms with van der Waals surface area (Å²) in [6.07, 6.45) is 14.8. The quantitative estimate of drug-likeness (QED) is 0.322. The van der Waals surface area contributed by atoms with Gasteiger partial charge in [-0.15, -0.1) is 6.58 Å². The van der Waals surface area contributed by atoms with E-state index in [1.165, 1.54) is 38.5 Å². The molecule has 0 saturated carbocycles. The summed E-state index contributed by atoms with van der Waals surface area (Å²) in [4.78, 5) is 0. The SMILES string of the molecule is C=CC(C)C(C=CC)CCCCC(C)CCC. The highest BCUT2D eigenvalue weighted by molar-refractivity contribution is 4.93. The van der Waals surface area contributed by atoms with Crippen LogP contribution < -0.4 is 0 Å². The minimum absolute atomic E-state index is 0.610. The Bertz CT molecular complexity index is 202. The summed E-state index contributed by atoms with van der Waals surface area (Å²) >= 11 is 0. The lowest BCUT2D eigenvalue weighted by atomic mass is 9.88. The van der Waals surface area contributed by atoms with Gasteiger partial charge in [0.25, 0.3) is 0 Å². The lowest BCUT2D eigenvalue weighted by Crippen LogP contribution is -2.06. The average molecular weight is 236 g/mol. The molecule has 0 nitrogen and oxygen atoms in total. The molecule has 0 aliphatic heterocycles. The molecule has 0 aliphatic carbocycles. The zero-order chi connectivity index (χ0) is 13.1. The summed E-state index contributed by atoms with van der Waals surface area (Å²) in [6, 6.07) is 0. The van der Waals surface area contributed by atoms with Gasteiger partial charge >= 0.3 is 0 Å². The van der Waals surface area contributed by atoms with Crippen molar-refractivity contribution in [3.8, 4) is 0 Å². The first-order valence-electron chi connectivity index (χ1n) is 7.41. The smallest absolute Gasteiger partial charge is 0.0173 e. The van der Waals surface area contributed by atoms with Crippen molar-refractivity contribution in [1.82, 2.24) is 0 Å². The largest absolute Gasteiger partial charge is 0.103 e. The van der Waals surface area contributed by atoms with Gasteiger partial charge in [-0.3, -0.25) is 0 Å². The summed E-state index contributed by atoms with van der Waals surface area (Å²) in [7, 11) is 0. The van der Waals surface area contributed by atoms with Crippen LogP contribution in [0.25, 0.3) is 0 Å². The molecule has 0 bridgehead atoms. The fraction of sp³-hybridized carbons (Fsp3) is 0.765. The Morgan fingerprint density at radius 2 is 1.71 bits per heavy atom. The van der Waals surface area contributed by atoms with Gasteiger partial charge in [0.1, 0.15) is 0 Å². The van der Waals surface area contributed by atoms with Crippen LogP contribution in [-0.4, -0.2) is 0 Å². The molecule has 0 fully saturated rings. The average Bonchev–Trinajstić information content (AvgIpc) is 2.32. The van der Waals surface area contributed by atoms with E-state index in [9.17, 15) is 0 Å². The molecule has 0 rings (SSSR count). The van der Waals surface area contributed by atoms with E-state index in [2.05, 4.69) is 52.5 Å². The van der Waals surface area contributed by atoms with E-state index < -0.39 is 0 Å². The second-order valence-corrected chi connectivity index (χ2v) is 5.46. The Morgan fingerprint density at radius 1 is 1.06 bits per heavy atom. The van der Waals surface area contributed by atoms with Crippen molar-refractivity contribution in [3.63, 3.8) is 0 Å². The van der Waals surface area contributed by atoms with E-state index in [-0.39, 0.29) is 0 Å². The van der Waals surface area contributed by atoms with Gasteiger partial charge < -0.3 is 0 Å². The third-order valence-corrected chi connectivity index (χ3v) is 3.75. The second-order valence-electron chi connectivity index (χ2n) is 5.46. The fourth-order valence-corrected chi connectivity index (χ4v) is 2.47. The molecule has 3 unspecified atom stereocenters. The predicted octanol–water partition coefficient (Wildman–Crippen LogP) is 6.00. The normalized spacial score (nSPS) is 16.9. The summed E-state index contributed by atoms with van der Waals surface area (Å²) in [5.74, 6) is 2.22. The summed E-state index contributed by atoms with van der Waals surface area (Å²) in [5, 5.41) is 0. The first kappa shape index (κ1) is 16.5. The Balaban J connectivity index is 3.78. The first-order chi connectivity index (χ1) is 8.15. The molecule has 0 amide bonds. The Kier molecular flexibility index (Phi) is 10.3. The molecular formula is C17H32. The summed E-state index contributed by atoms with van der Waals surface area (Å²) in [6.45, 7) is 13.0. The minimum Gasteiger partial charge on any atom is -0.103 e. The van der Waals surface area contributed by atoms with Crippen LogP contribution in [0.4, 0.5) is 0 Å². The topological polar surface area (TPSA) is 0 Å². The van der Waals surface area contributed by atoms with Crippen LogP contribution in [0.15, 0.2) is 24.8 Å². The van der Waals surface area contributed by atoms with Crippen molar-refractivity contribution >= 4 is 0 Å². The Hall–Kier alpha value is -0.520. The van der Waals surface area contributed by atoms with E-state index in [4.69, 9.17) is 0 Å². The third kappa shape index (κ3) is 8.24. The Labute approximate surface area is 109 Å². The van der Waals surface area contributed by atoms with Crippen molar-refractivity contribution in [1.29, 1.82) is 0 Å². The standard InChI is InChI=1S/C17H32/c1-6-11-15(4)13-9-10-14-17(12-7-2)16(5)8-3/h7-8,12,15-17H,3,6,9-11,13-14H2,1-2,4-5H3. The second kappa shape index (κ2) is 10.6. The maximum atomic E-state index is 3.91. The first-order valence-corrected chi connectivity index (χ1v) is 7.41. The van der Waals surface area contributed by atoms with Crippen molar-refractivity contribution < 1.29 is 0 Å². The van der Waals surface area contributed by atoms with Crippen LogP contribution >= 0.6 is 0 Å². The zero-order valence-electron chi connectivity index (χ0n) is 12.4. The lowest BCUT2D eigenvalue weighted by molar-refractivity contribution is 0.414. The van der Waals surface area contributed by atoms with E-state index in [1.54, 1.807) is 0 Å². The summed E-state index contributed by atoms with van der Waals surface area (Å²) < 4.78 is 0. The molecule has 0 aromatic heterocycles. The van der Waals surface area contributed by atoms with Gasteiger partial charge in [-0.25, -0.2) is 0 Å². The predicted molar refractivity (Wildman–Crippen MR) is 80.2 cm³/mol.